The van der Waals surface area contributed by atoms with Crippen LogP contribution in [0.2, 0.25) is 0 Å². The molecule has 6 nitrogen and oxygen atoms in total. The van der Waals surface area contributed by atoms with Crippen molar-refractivity contribution >= 4 is 23.2 Å². The Balaban J connectivity index is 1.76. The molecular formula is C17H18N4O2. The quantitative estimate of drug-likeness (QED) is 0.945. The molecule has 118 valence electrons. The fraction of sp³-hybridized carbons (Fsp3) is 0.294. The largest absolute Gasteiger partial charge is 0.321 e. The van der Waals surface area contributed by atoms with E-state index in [0.29, 0.717) is 12.1 Å². The minimum Gasteiger partial charge on any atom is -0.321 e. The van der Waals surface area contributed by atoms with Crippen LogP contribution in [0.1, 0.15) is 34.6 Å². The number of benzene rings is 1. The smallest absolute Gasteiger partial charge is 0.275 e. The van der Waals surface area contributed by atoms with E-state index in [4.69, 9.17) is 0 Å². The van der Waals surface area contributed by atoms with E-state index in [2.05, 4.69) is 15.3 Å². The fourth-order valence-electron chi connectivity index (χ4n) is 2.64. The first-order valence-corrected chi connectivity index (χ1v) is 7.55. The summed E-state index contributed by atoms with van der Waals surface area (Å²) in [6.45, 7) is 4.50. The molecule has 1 N–H and O–H groups in total. The third-order valence-corrected chi connectivity index (χ3v) is 3.83. The molecule has 0 atom stereocenters. The Kier molecular flexibility index (Phi) is 4.06. The summed E-state index contributed by atoms with van der Waals surface area (Å²) in [6.07, 6.45) is 4.50. The predicted octanol–water partition coefficient (Wildman–Crippen LogP) is 2.47. The van der Waals surface area contributed by atoms with E-state index in [1.54, 1.807) is 17.2 Å². The molecular weight excluding hydrogens is 292 g/mol. The SMILES string of the molecule is Cc1cnc(C(=O)Nc2ccc(N3CCCC3=O)c(C)c2)cn1. The molecule has 1 fully saturated rings. The molecule has 2 heterocycles. The summed E-state index contributed by atoms with van der Waals surface area (Å²) in [5, 5.41) is 2.80. The predicted molar refractivity (Wildman–Crippen MR) is 87.5 cm³/mol. The lowest BCUT2D eigenvalue weighted by molar-refractivity contribution is -0.117. The van der Waals surface area contributed by atoms with Crippen molar-refractivity contribution < 1.29 is 9.59 Å². The molecule has 23 heavy (non-hydrogen) atoms. The number of hydrogen-bond donors (Lipinski definition) is 1. The average molecular weight is 310 g/mol. The summed E-state index contributed by atoms with van der Waals surface area (Å²) in [5.41, 5.74) is 3.56. The first-order chi connectivity index (χ1) is 11.0. The van der Waals surface area contributed by atoms with E-state index in [1.807, 2.05) is 26.0 Å². The van der Waals surface area contributed by atoms with Gasteiger partial charge in [0.25, 0.3) is 5.91 Å². The molecule has 1 aliphatic heterocycles. The van der Waals surface area contributed by atoms with Gasteiger partial charge in [0.1, 0.15) is 5.69 Å². The number of rotatable bonds is 3. The van der Waals surface area contributed by atoms with Crippen LogP contribution in [0.5, 0.6) is 0 Å². The maximum Gasteiger partial charge on any atom is 0.275 e. The molecule has 2 aromatic rings. The van der Waals surface area contributed by atoms with E-state index in [0.717, 1.165) is 29.9 Å². The van der Waals surface area contributed by atoms with Gasteiger partial charge in [-0.3, -0.25) is 14.6 Å². The van der Waals surface area contributed by atoms with Gasteiger partial charge >= 0.3 is 0 Å². The van der Waals surface area contributed by atoms with Crippen LogP contribution in [0.4, 0.5) is 11.4 Å². The molecule has 0 aliphatic carbocycles. The number of carbonyl (C=O) groups excluding carboxylic acids is 2. The zero-order valence-corrected chi connectivity index (χ0v) is 13.2. The van der Waals surface area contributed by atoms with Gasteiger partial charge in [-0.15, -0.1) is 0 Å². The van der Waals surface area contributed by atoms with Crippen molar-refractivity contribution in [3.05, 3.63) is 47.5 Å². The summed E-state index contributed by atoms with van der Waals surface area (Å²) in [5.74, 6) is -0.151. The summed E-state index contributed by atoms with van der Waals surface area (Å²) >= 11 is 0. The van der Waals surface area contributed by atoms with Crippen molar-refractivity contribution in [1.82, 2.24) is 9.97 Å². The van der Waals surface area contributed by atoms with Crippen molar-refractivity contribution in [1.29, 1.82) is 0 Å². The Morgan fingerprint density at radius 2 is 2.04 bits per heavy atom. The van der Waals surface area contributed by atoms with Gasteiger partial charge in [0.2, 0.25) is 5.91 Å². The van der Waals surface area contributed by atoms with Crippen molar-refractivity contribution in [2.24, 2.45) is 0 Å². The Hall–Kier alpha value is -2.76. The van der Waals surface area contributed by atoms with Gasteiger partial charge in [0.05, 0.1) is 11.9 Å². The molecule has 1 saturated heterocycles. The lowest BCUT2D eigenvalue weighted by Crippen LogP contribution is -2.24. The Morgan fingerprint density at radius 3 is 2.65 bits per heavy atom. The number of anilines is 2. The molecule has 1 aromatic carbocycles. The molecule has 0 radical (unpaired) electrons. The molecule has 0 saturated carbocycles. The van der Waals surface area contributed by atoms with Gasteiger partial charge in [-0.25, -0.2) is 4.98 Å². The zero-order valence-electron chi connectivity index (χ0n) is 13.2. The minimum atomic E-state index is -0.304. The van der Waals surface area contributed by atoms with Crippen LogP contribution < -0.4 is 10.2 Å². The Bertz CT molecular complexity index is 756. The molecule has 1 aliphatic rings. The van der Waals surface area contributed by atoms with E-state index in [1.165, 1.54) is 6.20 Å². The molecule has 0 unspecified atom stereocenters. The van der Waals surface area contributed by atoms with Crippen molar-refractivity contribution in [2.75, 3.05) is 16.8 Å². The van der Waals surface area contributed by atoms with E-state index in [-0.39, 0.29) is 17.5 Å². The number of nitrogens with one attached hydrogen (secondary N) is 1. The molecule has 2 amide bonds. The van der Waals surface area contributed by atoms with Crippen molar-refractivity contribution in [3.8, 4) is 0 Å². The number of aryl methyl sites for hydroxylation is 2. The first-order valence-electron chi connectivity index (χ1n) is 7.55. The number of aromatic nitrogens is 2. The molecule has 0 bridgehead atoms. The lowest BCUT2D eigenvalue weighted by Gasteiger charge is -2.19. The summed E-state index contributed by atoms with van der Waals surface area (Å²) in [7, 11) is 0. The van der Waals surface area contributed by atoms with Gasteiger partial charge in [0, 0.05) is 30.5 Å². The highest BCUT2D eigenvalue weighted by Gasteiger charge is 2.23. The highest BCUT2D eigenvalue weighted by molar-refractivity contribution is 6.03. The van der Waals surface area contributed by atoms with Crippen LogP contribution in [0.15, 0.2) is 30.6 Å². The van der Waals surface area contributed by atoms with Gasteiger partial charge < -0.3 is 10.2 Å². The average Bonchev–Trinajstić information content (AvgIpc) is 2.94. The topological polar surface area (TPSA) is 75.2 Å². The van der Waals surface area contributed by atoms with E-state index < -0.39 is 0 Å². The zero-order chi connectivity index (χ0) is 16.4. The number of carbonyl (C=O) groups is 2. The highest BCUT2D eigenvalue weighted by atomic mass is 16.2. The Labute approximate surface area is 134 Å². The molecule has 0 spiro atoms. The summed E-state index contributed by atoms with van der Waals surface area (Å²) < 4.78 is 0. The first kappa shape index (κ1) is 15.1. The van der Waals surface area contributed by atoms with Gasteiger partial charge in [-0.1, -0.05) is 0 Å². The van der Waals surface area contributed by atoms with Crippen molar-refractivity contribution in [2.45, 2.75) is 26.7 Å². The second-order valence-corrected chi connectivity index (χ2v) is 5.65. The summed E-state index contributed by atoms with van der Waals surface area (Å²) in [6, 6.07) is 5.53. The number of amides is 2. The normalized spacial score (nSPS) is 14.2. The third kappa shape index (κ3) is 3.21. The third-order valence-electron chi connectivity index (χ3n) is 3.83. The highest BCUT2D eigenvalue weighted by Crippen LogP contribution is 2.27. The van der Waals surface area contributed by atoms with Crippen LogP contribution in [0, 0.1) is 13.8 Å². The lowest BCUT2D eigenvalue weighted by atomic mass is 10.1. The molecule has 1 aromatic heterocycles. The maximum atomic E-state index is 12.2. The van der Waals surface area contributed by atoms with Crippen LogP contribution in [0.25, 0.3) is 0 Å². The maximum absolute atomic E-state index is 12.2. The monoisotopic (exact) mass is 310 g/mol. The van der Waals surface area contributed by atoms with Crippen LogP contribution in [-0.4, -0.2) is 28.3 Å². The van der Waals surface area contributed by atoms with Crippen molar-refractivity contribution in [3.63, 3.8) is 0 Å². The van der Waals surface area contributed by atoms with Gasteiger partial charge in [0.15, 0.2) is 0 Å². The fourth-order valence-corrected chi connectivity index (χ4v) is 2.64. The number of nitrogens with zero attached hydrogens (tertiary/aromatic N) is 3. The molecule has 6 heteroatoms. The number of hydrogen-bond acceptors (Lipinski definition) is 4. The molecule has 3 rings (SSSR count). The summed E-state index contributed by atoms with van der Waals surface area (Å²) in [4.78, 5) is 33.9. The van der Waals surface area contributed by atoms with Gasteiger partial charge in [-0.2, -0.15) is 0 Å². The van der Waals surface area contributed by atoms with Crippen LogP contribution in [-0.2, 0) is 4.79 Å². The standard InChI is InChI=1S/C17H18N4O2/c1-11-8-13(5-6-15(11)21-7-3-4-16(21)22)20-17(23)14-10-18-12(2)9-19-14/h5-6,8-10H,3-4,7H2,1-2H3,(H,20,23). The van der Waals surface area contributed by atoms with E-state index in [9.17, 15) is 9.59 Å². The van der Waals surface area contributed by atoms with E-state index >= 15 is 0 Å². The van der Waals surface area contributed by atoms with Gasteiger partial charge in [-0.05, 0) is 44.0 Å². The Morgan fingerprint density at radius 1 is 1.22 bits per heavy atom. The second-order valence-electron chi connectivity index (χ2n) is 5.65. The van der Waals surface area contributed by atoms with Crippen LogP contribution >= 0.6 is 0 Å². The second kappa shape index (κ2) is 6.16. The van der Waals surface area contributed by atoms with Crippen LogP contribution in [0.3, 0.4) is 0 Å². The minimum absolute atomic E-state index is 0.153.